The van der Waals surface area contributed by atoms with Gasteiger partial charge in [0.1, 0.15) is 6.10 Å². The monoisotopic (exact) mass is 237 g/mol. The van der Waals surface area contributed by atoms with Crippen LogP contribution in [0.15, 0.2) is 24.3 Å². The molecule has 0 amide bonds. The van der Waals surface area contributed by atoms with Gasteiger partial charge in [-0.3, -0.25) is 0 Å². The first-order valence-electron chi connectivity index (χ1n) is 5.90. The van der Waals surface area contributed by atoms with Gasteiger partial charge in [0.2, 0.25) is 0 Å². The van der Waals surface area contributed by atoms with E-state index in [1.807, 2.05) is 31.3 Å². The van der Waals surface area contributed by atoms with Crippen molar-refractivity contribution < 1.29 is 14.2 Å². The van der Waals surface area contributed by atoms with E-state index in [1.165, 1.54) is 0 Å². The van der Waals surface area contributed by atoms with Crippen LogP contribution in [0, 0.1) is 0 Å². The number of hydrogen-bond donors (Lipinski definition) is 1. The normalized spacial score (nSPS) is 24.4. The van der Waals surface area contributed by atoms with E-state index in [-0.39, 0.29) is 6.10 Å². The van der Waals surface area contributed by atoms with E-state index in [0.717, 1.165) is 24.5 Å². The maximum Gasteiger partial charge on any atom is 0.161 e. The molecule has 1 fully saturated rings. The lowest BCUT2D eigenvalue weighted by molar-refractivity contribution is -0.0138. The molecule has 0 spiro atoms. The molecule has 0 radical (unpaired) electrons. The minimum absolute atomic E-state index is 0.0325. The summed E-state index contributed by atoms with van der Waals surface area (Å²) in [5, 5.41) is 3.27. The number of methoxy groups -OCH3 is 1. The van der Waals surface area contributed by atoms with Gasteiger partial charge in [0, 0.05) is 12.6 Å². The zero-order valence-electron chi connectivity index (χ0n) is 10.3. The van der Waals surface area contributed by atoms with Crippen LogP contribution in [0.4, 0.5) is 0 Å². The molecule has 2 atom stereocenters. The number of nitrogens with one attached hydrogen (secondary N) is 1. The molecule has 17 heavy (non-hydrogen) atoms. The Kier molecular flexibility index (Phi) is 4.23. The highest BCUT2D eigenvalue weighted by Gasteiger charge is 2.26. The fourth-order valence-electron chi connectivity index (χ4n) is 2.04. The van der Waals surface area contributed by atoms with Crippen LogP contribution in [0.2, 0.25) is 0 Å². The van der Waals surface area contributed by atoms with E-state index in [4.69, 9.17) is 14.2 Å². The van der Waals surface area contributed by atoms with Crippen LogP contribution >= 0.6 is 0 Å². The lowest BCUT2D eigenvalue weighted by Crippen LogP contribution is -2.48. The van der Waals surface area contributed by atoms with Crippen molar-refractivity contribution >= 4 is 0 Å². The summed E-state index contributed by atoms with van der Waals surface area (Å²) >= 11 is 0. The summed E-state index contributed by atoms with van der Waals surface area (Å²) in [5.74, 6) is 1.53. The minimum atomic E-state index is 0.0325. The topological polar surface area (TPSA) is 39.7 Å². The standard InChI is InChI=1S/C13H19NO3/c1-14-10-7-8-16-9-13(10)17-12-6-4-3-5-11(12)15-2/h3-6,10,13-14H,7-9H2,1-2H3. The van der Waals surface area contributed by atoms with Crippen molar-refractivity contribution in [2.24, 2.45) is 0 Å². The van der Waals surface area contributed by atoms with Gasteiger partial charge in [0.15, 0.2) is 11.5 Å². The number of para-hydroxylation sites is 2. The second-order valence-corrected chi connectivity index (χ2v) is 4.07. The highest BCUT2D eigenvalue weighted by molar-refractivity contribution is 5.39. The molecule has 1 aliphatic rings. The molecule has 1 saturated heterocycles. The molecule has 4 nitrogen and oxygen atoms in total. The predicted molar refractivity (Wildman–Crippen MR) is 65.7 cm³/mol. The van der Waals surface area contributed by atoms with Crippen LogP contribution in [0.3, 0.4) is 0 Å². The molecule has 0 saturated carbocycles. The molecule has 1 N–H and O–H groups in total. The number of likely N-dealkylation sites (N-methyl/N-ethyl adjacent to an activating group) is 1. The van der Waals surface area contributed by atoms with Crippen molar-refractivity contribution in [3.05, 3.63) is 24.3 Å². The van der Waals surface area contributed by atoms with Gasteiger partial charge >= 0.3 is 0 Å². The summed E-state index contributed by atoms with van der Waals surface area (Å²) in [6.45, 7) is 1.40. The van der Waals surface area contributed by atoms with Gasteiger partial charge in [-0.05, 0) is 25.6 Å². The van der Waals surface area contributed by atoms with E-state index < -0.39 is 0 Å². The molecule has 1 aliphatic heterocycles. The Hall–Kier alpha value is -1.26. The Morgan fingerprint density at radius 1 is 1.29 bits per heavy atom. The smallest absolute Gasteiger partial charge is 0.161 e. The summed E-state index contributed by atoms with van der Waals surface area (Å²) < 4.78 is 16.7. The summed E-state index contributed by atoms with van der Waals surface area (Å²) in [6, 6.07) is 8.01. The van der Waals surface area contributed by atoms with Gasteiger partial charge in [-0.25, -0.2) is 0 Å². The average molecular weight is 237 g/mol. The molecule has 0 aliphatic carbocycles. The van der Waals surface area contributed by atoms with E-state index in [1.54, 1.807) is 7.11 Å². The third kappa shape index (κ3) is 2.90. The van der Waals surface area contributed by atoms with Gasteiger partial charge in [-0.15, -0.1) is 0 Å². The molecule has 1 heterocycles. The molecule has 0 bridgehead atoms. The number of ether oxygens (including phenoxy) is 3. The summed E-state index contributed by atoms with van der Waals surface area (Å²) in [4.78, 5) is 0. The molecule has 0 aromatic heterocycles. The van der Waals surface area contributed by atoms with Crippen LogP contribution in [0.1, 0.15) is 6.42 Å². The molecule has 4 heteroatoms. The van der Waals surface area contributed by atoms with Gasteiger partial charge in [-0.2, -0.15) is 0 Å². The quantitative estimate of drug-likeness (QED) is 0.860. The SMILES string of the molecule is CNC1CCOCC1Oc1ccccc1OC. The first-order chi connectivity index (χ1) is 8.35. The maximum absolute atomic E-state index is 5.97. The zero-order valence-corrected chi connectivity index (χ0v) is 10.3. The zero-order chi connectivity index (χ0) is 12.1. The molecular formula is C13H19NO3. The third-order valence-electron chi connectivity index (χ3n) is 3.02. The van der Waals surface area contributed by atoms with Gasteiger partial charge in [0.25, 0.3) is 0 Å². The van der Waals surface area contributed by atoms with Crippen molar-refractivity contribution in [2.45, 2.75) is 18.6 Å². The molecule has 2 unspecified atom stereocenters. The van der Waals surface area contributed by atoms with Crippen LogP contribution in [0.25, 0.3) is 0 Å². The lowest BCUT2D eigenvalue weighted by Gasteiger charge is -2.31. The number of rotatable bonds is 4. The molecular weight excluding hydrogens is 218 g/mol. The van der Waals surface area contributed by atoms with Crippen LogP contribution in [-0.2, 0) is 4.74 Å². The van der Waals surface area contributed by atoms with Crippen molar-refractivity contribution in [3.63, 3.8) is 0 Å². The summed E-state index contributed by atoms with van der Waals surface area (Å²) in [6.07, 6.45) is 1.00. The summed E-state index contributed by atoms with van der Waals surface area (Å²) in [7, 11) is 3.60. The fraction of sp³-hybridized carbons (Fsp3) is 0.538. The minimum Gasteiger partial charge on any atom is -0.493 e. The maximum atomic E-state index is 5.97. The number of hydrogen-bond acceptors (Lipinski definition) is 4. The molecule has 1 aromatic rings. The Bertz CT molecular complexity index is 356. The first-order valence-corrected chi connectivity index (χ1v) is 5.90. The Morgan fingerprint density at radius 2 is 2.06 bits per heavy atom. The van der Waals surface area contributed by atoms with Gasteiger partial charge in [-0.1, -0.05) is 12.1 Å². The molecule has 1 aromatic carbocycles. The van der Waals surface area contributed by atoms with E-state index in [2.05, 4.69) is 5.32 Å². The van der Waals surface area contributed by atoms with Gasteiger partial charge < -0.3 is 19.5 Å². The van der Waals surface area contributed by atoms with Crippen LogP contribution in [-0.4, -0.2) is 39.5 Å². The number of benzene rings is 1. The highest BCUT2D eigenvalue weighted by atomic mass is 16.6. The van der Waals surface area contributed by atoms with Crippen LogP contribution < -0.4 is 14.8 Å². The van der Waals surface area contributed by atoms with Crippen molar-refractivity contribution in [3.8, 4) is 11.5 Å². The largest absolute Gasteiger partial charge is 0.493 e. The van der Waals surface area contributed by atoms with Crippen molar-refractivity contribution in [1.29, 1.82) is 0 Å². The first kappa shape index (κ1) is 12.2. The van der Waals surface area contributed by atoms with E-state index in [9.17, 15) is 0 Å². The van der Waals surface area contributed by atoms with E-state index >= 15 is 0 Å². The summed E-state index contributed by atoms with van der Waals surface area (Å²) in [5.41, 5.74) is 0. The fourth-order valence-corrected chi connectivity index (χ4v) is 2.04. The molecule has 2 rings (SSSR count). The predicted octanol–water partition coefficient (Wildman–Crippen LogP) is 1.45. The Balaban J connectivity index is 2.08. The van der Waals surface area contributed by atoms with Crippen LogP contribution in [0.5, 0.6) is 11.5 Å². The van der Waals surface area contributed by atoms with Crippen molar-refractivity contribution in [2.75, 3.05) is 27.4 Å². The second-order valence-electron chi connectivity index (χ2n) is 4.07. The Labute approximate surface area is 102 Å². The molecule has 94 valence electrons. The second kappa shape index (κ2) is 5.89. The highest BCUT2D eigenvalue weighted by Crippen LogP contribution is 2.28. The van der Waals surface area contributed by atoms with Gasteiger partial charge in [0.05, 0.1) is 13.7 Å². The van der Waals surface area contributed by atoms with E-state index in [0.29, 0.717) is 12.6 Å². The van der Waals surface area contributed by atoms with Crippen molar-refractivity contribution in [1.82, 2.24) is 5.32 Å². The average Bonchev–Trinajstić information content (AvgIpc) is 2.40. The Morgan fingerprint density at radius 3 is 2.76 bits per heavy atom. The third-order valence-corrected chi connectivity index (χ3v) is 3.02. The lowest BCUT2D eigenvalue weighted by atomic mass is 10.1.